The van der Waals surface area contributed by atoms with Crippen LogP contribution in [0.5, 0.6) is 0 Å². The van der Waals surface area contributed by atoms with Crippen molar-refractivity contribution in [2.75, 3.05) is 37.7 Å². The van der Waals surface area contributed by atoms with Crippen LogP contribution >= 0.6 is 11.8 Å². The minimum absolute atomic E-state index is 0.136. The molecule has 1 amide bonds. The van der Waals surface area contributed by atoms with Gasteiger partial charge in [-0.25, -0.2) is 9.97 Å². The van der Waals surface area contributed by atoms with Crippen LogP contribution in [0.3, 0.4) is 0 Å². The van der Waals surface area contributed by atoms with Crippen LogP contribution in [0.2, 0.25) is 0 Å². The Kier molecular flexibility index (Phi) is 6.15. The summed E-state index contributed by atoms with van der Waals surface area (Å²) in [5, 5.41) is 1.79. The van der Waals surface area contributed by atoms with Crippen molar-refractivity contribution in [3.8, 4) is 0 Å². The van der Waals surface area contributed by atoms with Crippen molar-refractivity contribution in [3.05, 3.63) is 60.4 Å². The predicted molar refractivity (Wildman–Crippen MR) is 123 cm³/mol. The van der Waals surface area contributed by atoms with E-state index in [1.54, 1.807) is 11.8 Å². The predicted octanol–water partition coefficient (Wildman–Crippen LogP) is 3.75. The Bertz CT molecular complexity index is 1060. The molecule has 0 N–H and O–H groups in total. The maximum Gasteiger partial charge on any atom is 0.240 e. The minimum atomic E-state index is -0.136. The lowest BCUT2D eigenvalue weighted by molar-refractivity contribution is -0.119. The summed E-state index contributed by atoms with van der Waals surface area (Å²) in [4.78, 5) is 27.3. The molecule has 0 radical (unpaired) electrons. The van der Waals surface area contributed by atoms with E-state index in [0.717, 1.165) is 73.1 Å². The summed E-state index contributed by atoms with van der Waals surface area (Å²) < 4.78 is 5.46. The fourth-order valence-corrected chi connectivity index (χ4v) is 5.40. The van der Waals surface area contributed by atoms with Gasteiger partial charge in [0.25, 0.3) is 0 Å². The summed E-state index contributed by atoms with van der Waals surface area (Å²) in [5.41, 5.74) is 1.91. The van der Waals surface area contributed by atoms with E-state index in [-0.39, 0.29) is 11.2 Å². The maximum atomic E-state index is 13.3. The fourth-order valence-electron chi connectivity index (χ4n) is 4.16. The number of hydrogen-bond acceptors (Lipinski definition) is 6. The summed E-state index contributed by atoms with van der Waals surface area (Å²) in [6.07, 6.45) is 1.85. The van der Waals surface area contributed by atoms with Gasteiger partial charge in [0.1, 0.15) is 10.9 Å². The second kappa shape index (κ2) is 9.34. The number of nitrogens with zero attached hydrogens (tertiary/aromatic N) is 4. The molecule has 0 spiro atoms. The number of carbonyl (C=O) groups excluding carboxylic acids is 1. The normalized spacial score (nSPS) is 20.3. The smallest absolute Gasteiger partial charge is 0.240 e. The molecule has 2 aliphatic heterocycles. The summed E-state index contributed by atoms with van der Waals surface area (Å²) in [6.45, 7) is 4.77. The third-order valence-electron chi connectivity index (χ3n) is 5.79. The molecule has 2 fully saturated rings. The highest BCUT2D eigenvalue weighted by Gasteiger charge is 2.31. The largest absolute Gasteiger partial charge is 0.379 e. The molecule has 3 heterocycles. The Balaban J connectivity index is 1.41. The Hall–Kier alpha value is -2.48. The number of hydrogen-bond donors (Lipinski definition) is 0. The van der Waals surface area contributed by atoms with Crippen LogP contribution in [-0.4, -0.2) is 58.9 Å². The zero-order valence-electron chi connectivity index (χ0n) is 17.4. The molecule has 1 unspecified atom stereocenters. The average Bonchev–Trinajstić information content (AvgIpc) is 2.82. The molecule has 3 aromatic rings. The van der Waals surface area contributed by atoms with Gasteiger partial charge < -0.3 is 9.64 Å². The monoisotopic (exact) mass is 434 g/mol. The maximum absolute atomic E-state index is 13.3. The third-order valence-corrected chi connectivity index (χ3v) is 7.05. The first-order valence-corrected chi connectivity index (χ1v) is 11.7. The van der Waals surface area contributed by atoms with Gasteiger partial charge in [0.15, 0.2) is 0 Å². The SMILES string of the molecule is O=C1C(Sc2nc(CN3CCOCC3)nc3ccccc23)CCCN1c1ccccc1. The van der Waals surface area contributed by atoms with Crippen LogP contribution < -0.4 is 4.90 Å². The number of piperidine rings is 1. The van der Waals surface area contributed by atoms with Gasteiger partial charge in [0.2, 0.25) is 5.91 Å². The van der Waals surface area contributed by atoms with Crippen LogP contribution in [0.25, 0.3) is 10.9 Å². The van der Waals surface area contributed by atoms with E-state index < -0.39 is 0 Å². The zero-order chi connectivity index (χ0) is 21.0. The van der Waals surface area contributed by atoms with E-state index in [2.05, 4.69) is 11.0 Å². The number of aromatic nitrogens is 2. The second-order valence-electron chi connectivity index (χ2n) is 7.92. The lowest BCUT2D eigenvalue weighted by Gasteiger charge is -2.32. The molecule has 2 saturated heterocycles. The average molecular weight is 435 g/mol. The highest BCUT2D eigenvalue weighted by atomic mass is 32.2. The van der Waals surface area contributed by atoms with Crippen LogP contribution in [0.15, 0.2) is 59.6 Å². The molecule has 2 aromatic carbocycles. The summed E-state index contributed by atoms with van der Waals surface area (Å²) in [7, 11) is 0. The molecule has 1 aromatic heterocycles. The van der Waals surface area contributed by atoms with Gasteiger partial charge in [0.05, 0.1) is 30.5 Å². The number of fused-ring (bicyclic) bond motifs is 1. The number of ether oxygens (including phenoxy) is 1. The molecule has 6 nitrogen and oxygen atoms in total. The first-order chi connectivity index (χ1) is 15.3. The van der Waals surface area contributed by atoms with Crippen LogP contribution in [0.4, 0.5) is 5.69 Å². The standard InChI is InChI=1S/C24H26N4O2S/c29-24-21(11-6-12-28(24)18-7-2-1-3-8-18)31-23-19-9-4-5-10-20(19)25-22(26-23)17-27-13-15-30-16-14-27/h1-5,7-10,21H,6,11-17H2. The van der Waals surface area contributed by atoms with Gasteiger partial charge in [-0.3, -0.25) is 9.69 Å². The van der Waals surface area contributed by atoms with Crippen LogP contribution in [0.1, 0.15) is 18.7 Å². The number of anilines is 1. The Morgan fingerprint density at radius 1 is 0.968 bits per heavy atom. The highest BCUT2D eigenvalue weighted by molar-refractivity contribution is 8.00. The molecule has 2 aliphatic rings. The van der Waals surface area contributed by atoms with Crippen molar-refractivity contribution in [3.63, 3.8) is 0 Å². The fraction of sp³-hybridized carbons (Fsp3) is 0.375. The molecule has 0 bridgehead atoms. The van der Waals surface area contributed by atoms with Gasteiger partial charge in [-0.05, 0) is 31.0 Å². The number of rotatable bonds is 5. The lowest BCUT2D eigenvalue weighted by Crippen LogP contribution is -2.43. The summed E-state index contributed by atoms with van der Waals surface area (Å²) >= 11 is 1.59. The molecule has 1 atom stereocenters. The van der Waals surface area contributed by atoms with E-state index >= 15 is 0 Å². The van der Waals surface area contributed by atoms with Crippen molar-refractivity contribution in [2.45, 2.75) is 29.7 Å². The van der Waals surface area contributed by atoms with Gasteiger partial charge >= 0.3 is 0 Å². The lowest BCUT2D eigenvalue weighted by atomic mass is 10.1. The van der Waals surface area contributed by atoms with E-state index in [0.29, 0.717) is 6.54 Å². The molecule has 5 rings (SSSR count). The molecule has 160 valence electrons. The van der Waals surface area contributed by atoms with Crippen molar-refractivity contribution >= 4 is 34.3 Å². The Labute approximate surface area is 186 Å². The second-order valence-corrected chi connectivity index (χ2v) is 9.12. The van der Waals surface area contributed by atoms with Gasteiger partial charge in [-0.2, -0.15) is 0 Å². The molecule has 0 aliphatic carbocycles. The van der Waals surface area contributed by atoms with Crippen LogP contribution in [0, 0.1) is 0 Å². The van der Waals surface area contributed by atoms with E-state index in [1.165, 1.54) is 0 Å². The van der Waals surface area contributed by atoms with Gasteiger partial charge in [-0.15, -0.1) is 0 Å². The van der Waals surface area contributed by atoms with Crippen molar-refractivity contribution < 1.29 is 9.53 Å². The Morgan fingerprint density at radius 2 is 1.74 bits per heavy atom. The number of para-hydroxylation sites is 2. The van der Waals surface area contributed by atoms with E-state index in [4.69, 9.17) is 14.7 Å². The number of amides is 1. The quantitative estimate of drug-likeness (QED) is 0.570. The van der Waals surface area contributed by atoms with Crippen molar-refractivity contribution in [1.29, 1.82) is 0 Å². The molecule has 0 saturated carbocycles. The molecular weight excluding hydrogens is 408 g/mol. The number of benzene rings is 2. The van der Waals surface area contributed by atoms with Crippen molar-refractivity contribution in [2.24, 2.45) is 0 Å². The number of carbonyl (C=O) groups is 1. The number of morpholine rings is 1. The van der Waals surface area contributed by atoms with E-state index in [1.807, 2.05) is 53.4 Å². The molecule has 31 heavy (non-hydrogen) atoms. The molecule has 7 heteroatoms. The highest BCUT2D eigenvalue weighted by Crippen LogP contribution is 2.35. The first kappa shape index (κ1) is 20.4. The Morgan fingerprint density at radius 3 is 2.58 bits per heavy atom. The van der Waals surface area contributed by atoms with E-state index in [9.17, 15) is 4.79 Å². The summed E-state index contributed by atoms with van der Waals surface area (Å²) in [6, 6.07) is 18.1. The van der Waals surface area contributed by atoms with Gasteiger partial charge in [0, 0.05) is 30.7 Å². The number of thioether (sulfide) groups is 1. The zero-order valence-corrected chi connectivity index (χ0v) is 18.3. The topological polar surface area (TPSA) is 58.6 Å². The van der Waals surface area contributed by atoms with Crippen molar-refractivity contribution in [1.82, 2.24) is 14.9 Å². The van der Waals surface area contributed by atoms with Gasteiger partial charge in [-0.1, -0.05) is 48.2 Å². The third kappa shape index (κ3) is 4.59. The minimum Gasteiger partial charge on any atom is -0.379 e. The van der Waals surface area contributed by atoms with Crippen LogP contribution in [-0.2, 0) is 16.1 Å². The first-order valence-electron chi connectivity index (χ1n) is 10.9. The molecular formula is C24H26N4O2S. The summed E-state index contributed by atoms with van der Waals surface area (Å²) in [5.74, 6) is 0.978.